The number of benzene rings is 1. The summed E-state index contributed by atoms with van der Waals surface area (Å²) in [6, 6.07) is 6.80. The number of halogens is 3. The van der Waals surface area contributed by atoms with Crippen LogP contribution >= 0.6 is 39.1 Å². The second-order valence-electron chi connectivity index (χ2n) is 3.91. The largest absolute Gasteiger partial charge is 0.321 e. The van der Waals surface area contributed by atoms with E-state index in [9.17, 15) is 4.79 Å². The average molecular weight is 360 g/mol. The van der Waals surface area contributed by atoms with E-state index in [1.54, 1.807) is 24.3 Å². The third-order valence-electron chi connectivity index (χ3n) is 2.49. The molecule has 0 aliphatic carbocycles. The number of aromatic nitrogens is 1. The molecule has 2 rings (SSSR count). The summed E-state index contributed by atoms with van der Waals surface area (Å²) in [7, 11) is 0. The van der Waals surface area contributed by atoms with Crippen molar-refractivity contribution in [3.63, 3.8) is 0 Å². The zero-order chi connectivity index (χ0) is 14.0. The highest BCUT2D eigenvalue weighted by Crippen LogP contribution is 2.23. The molecular weight excluding hydrogens is 351 g/mol. The fraction of sp³-hybridized carbons (Fsp3) is 0.0769. The number of rotatable bonds is 2. The lowest BCUT2D eigenvalue weighted by atomic mass is 10.1. The topological polar surface area (TPSA) is 42.0 Å². The maximum absolute atomic E-state index is 12.1. The molecule has 6 heteroatoms. The van der Waals surface area contributed by atoms with Gasteiger partial charge in [-0.25, -0.2) is 4.98 Å². The lowest BCUT2D eigenvalue weighted by Gasteiger charge is -2.08. The van der Waals surface area contributed by atoms with E-state index in [1.807, 2.05) is 6.92 Å². The first-order chi connectivity index (χ1) is 8.97. The fourth-order valence-corrected chi connectivity index (χ4v) is 2.25. The Kier molecular flexibility index (Phi) is 4.45. The molecule has 0 saturated heterocycles. The van der Waals surface area contributed by atoms with E-state index in [-0.39, 0.29) is 5.91 Å². The Bertz CT molecular complexity index is 647. The minimum Gasteiger partial charge on any atom is -0.321 e. The highest BCUT2D eigenvalue weighted by Gasteiger charge is 2.10. The summed E-state index contributed by atoms with van der Waals surface area (Å²) in [5.41, 5.74) is 1.94. The van der Waals surface area contributed by atoms with Crippen LogP contribution in [0.1, 0.15) is 15.9 Å². The molecule has 0 radical (unpaired) electrons. The van der Waals surface area contributed by atoms with Crippen LogP contribution in [0.25, 0.3) is 0 Å². The van der Waals surface area contributed by atoms with E-state index < -0.39 is 0 Å². The fourth-order valence-electron chi connectivity index (χ4n) is 1.57. The standard InChI is InChI=1S/C13H9BrCl2N2O/c1-7-4-8(15)2-3-10(7)13(19)18-9-5-11(14)12(16)17-6-9/h2-6H,1H3,(H,18,19). The molecule has 0 aliphatic rings. The summed E-state index contributed by atoms with van der Waals surface area (Å²) in [6.07, 6.45) is 1.50. The van der Waals surface area contributed by atoms with Gasteiger partial charge in [-0.1, -0.05) is 23.2 Å². The van der Waals surface area contributed by atoms with Crippen molar-refractivity contribution in [2.45, 2.75) is 6.92 Å². The molecule has 0 fully saturated rings. The Morgan fingerprint density at radius 2 is 2.05 bits per heavy atom. The van der Waals surface area contributed by atoms with Gasteiger partial charge in [0.05, 0.1) is 16.4 Å². The van der Waals surface area contributed by atoms with Gasteiger partial charge >= 0.3 is 0 Å². The molecule has 2 aromatic rings. The molecule has 19 heavy (non-hydrogen) atoms. The van der Waals surface area contributed by atoms with Crippen LogP contribution in [-0.2, 0) is 0 Å². The molecule has 3 nitrogen and oxygen atoms in total. The van der Waals surface area contributed by atoms with E-state index in [2.05, 4.69) is 26.2 Å². The van der Waals surface area contributed by atoms with Gasteiger partial charge in [-0.15, -0.1) is 0 Å². The first-order valence-electron chi connectivity index (χ1n) is 5.36. The van der Waals surface area contributed by atoms with E-state index in [0.29, 0.717) is 25.9 Å². The Labute approximate surface area is 129 Å². The number of nitrogens with zero attached hydrogens (tertiary/aromatic N) is 1. The molecule has 0 atom stereocenters. The zero-order valence-corrected chi connectivity index (χ0v) is 13.0. The summed E-state index contributed by atoms with van der Waals surface area (Å²) in [4.78, 5) is 16.1. The Balaban J connectivity index is 2.23. The lowest BCUT2D eigenvalue weighted by molar-refractivity contribution is 0.102. The Morgan fingerprint density at radius 3 is 2.68 bits per heavy atom. The number of hydrogen-bond acceptors (Lipinski definition) is 2. The third kappa shape index (κ3) is 3.47. The highest BCUT2D eigenvalue weighted by atomic mass is 79.9. The average Bonchev–Trinajstić information content (AvgIpc) is 2.33. The summed E-state index contributed by atoms with van der Waals surface area (Å²) < 4.78 is 0.625. The van der Waals surface area contributed by atoms with Gasteiger partial charge in [0.25, 0.3) is 5.91 Å². The van der Waals surface area contributed by atoms with Crippen molar-refractivity contribution in [2.24, 2.45) is 0 Å². The SMILES string of the molecule is Cc1cc(Cl)ccc1C(=O)Nc1cnc(Cl)c(Br)c1. The predicted octanol–water partition coefficient (Wildman–Crippen LogP) is 4.71. The van der Waals surface area contributed by atoms with Crippen molar-refractivity contribution in [3.05, 3.63) is 56.2 Å². The van der Waals surface area contributed by atoms with Gasteiger partial charge in [-0.3, -0.25) is 4.79 Å². The van der Waals surface area contributed by atoms with Crippen LogP contribution in [0.4, 0.5) is 5.69 Å². The second kappa shape index (κ2) is 5.90. The number of carbonyl (C=O) groups excluding carboxylic acids is 1. The maximum atomic E-state index is 12.1. The number of hydrogen-bond donors (Lipinski definition) is 1. The number of anilines is 1. The maximum Gasteiger partial charge on any atom is 0.255 e. The van der Waals surface area contributed by atoms with E-state index in [4.69, 9.17) is 23.2 Å². The van der Waals surface area contributed by atoms with Gasteiger partial charge in [-0.2, -0.15) is 0 Å². The second-order valence-corrected chi connectivity index (χ2v) is 5.56. The van der Waals surface area contributed by atoms with Crippen LogP contribution < -0.4 is 5.32 Å². The van der Waals surface area contributed by atoms with E-state index in [1.165, 1.54) is 6.20 Å². The first-order valence-corrected chi connectivity index (χ1v) is 6.91. The number of pyridine rings is 1. The quantitative estimate of drug-likeness (QED) is 0.789. The van der Waals surface area contributed by atoms with Gasteiger partial charge in [0.15, 0.2) is 0 Å². The molecule has 0 bridgehead atoms. The van der Waals surface area contributed by atoms with E-state index >= 15 is 0 Å². The monoisotopic (exact) mass is 358 g/mol. The predicted molar refractivity (Wildman–Crippen MR) is 81.1 cm³/mol. The summed E-state index contributed by atoms with van der Waals surface area (Å²) in [6.45, 7) is 1.83. The minimum absolute atomic E-state index is 0.217. The number of aryl methyl sites for hydroxylation is 1. The van der Waals surface area contributed by atoms with Crippen molar-refractivity contribution in [1.29, 1.82) is 0 Å². The van der Waals surface area contributed by atoms with Gasteiger partial charge in [0.2, 0.25) is 0 Å². The molecule has 0 aliphatic heterocycles. The lowest BCUT2D eigenvalue weighted by Crippen LogP contribution is -2.13. The van der Waals surface area contributed by atoms with Gasteiger partial charge in [0, 0.05) is 10.6 Å². The number of amides is 1. The van der Waals surface area contributed by atoms with Crippen molar-refractivity contribution < 1.29 is 4.79 Å². The molecule has 1 N–H and O–H groups in total. The van der Waals surface area contributed by atoms with Crippen molar-refractivity contribution in [3.8, 4) is 0 Å². The summed E-state index contributed by atoms with van der Waals surface area (Å²) in [5, 5.41) is 3.70. The van der Waals surface area contributed by atoms with Crippen LogP contribution in [0.2, 0.25) is 10.2 Å². The van der Waals surface area contributed by atoms with Gasteiger partial charge in [-0.05, 0) is 52.7 Å². The molecule has 1 aromatic carbocycles. The number of carbonyl (C=O) groups is 1. The molecule has 0 saturated carbocycles. The summed E-state index contributed by atoms with van der Waals surface area (Å²) in [5.74, 6) is -0.217. The Morgan fingerprint density at radius 1 is 1.32 bits per heavy atom. The molecule has 0 spiro atoms. The Hall–Kier alpha value is -1.10. The van der Waals surface area contributed by atoms with Crippen LogP contribution in [0.15, 0.2) is 34.9 Å². The van der Waals surface area contributed by atoms with Crippen LogP contribution in [0.5, 0.6) is 0 Å². The molecular formula is C13H9BrCl2N2O. The first kappa shape index (κ1) is 14.3. The third-order valence-corrected chi connectivity index (χ3v) is 3.86. The van der Waals surface area contributed by atoms with Crippen molar-refractivity contribution in [2.75, 3.05) is 5.32 Å². The molecule has 1 aromatic heterocycles. The van der Waals surface area contributed by atoms with E-state index in [0.717, 1.165) is 5.56 Å². The van der Waals surface area contributed by atoms with Crippen molar-refractivity contribution >= 4 is 50.7 Å². The number of nitrogens with one attached hydrogen (secondary N) is 1. The highest BCUT2D eigenvalue weighted by molar-refractivity contribution is 9.10. The van der Waals surface area contributed by atoms with Crippen LogP contribution in [0, 0.1) is 6.92 Å². The molecule has 0 unspecified atom stereocenters. The molecule has 98 valence electrons. The van der Waals surface area contributed by atoms with Crippen molar-refractivity contribution in [1.82, 2.24) is 4.98 Å². The van der Waals surface area contributed by atoms with Gasteiger partial charge in [0.1, 0.15) is 5.15 Å². The smallest absolute Gasteiger partial charge is 0.255 e. The summed E-state index contributed by atoms with van der Waals surface area (Å²) >= 11 is 14.9. The molecule has 1 heterocycles. The normalized spacial score (nSPS) is 10.3. The van der Waals surface area contributed by atoms with Crippen LogP contribution in [-0.4, -0.2) is 10.9 Å². The molecule has 1 amide bonds. The zero-order valence-electron chi connectivity index (χ0n) is 9.88. The van der Waals surface area contributed by atoms with Crippen LogP contribution in [0.3, 0.4) is 0 Å². The minimum atomic E-state index is -0.217. The van der Waals surface area contributed by atoms with Gasteiger partial charge < -0.3 is 5.32 Å².